The number of hydrogen-bond acceptors (Lipinski definition) is 5. The lowest BCUT2D eigenvalue weighted by molar-refractivity contribution is -0.123. The average Bonchev–Trinajstić information content (AvgIpc) is 3.06. The lowest BCUT2D eigenvalue weighted by Gasteiger charge is -2.16. The fourth-order valence-corrected chi connectivity index (χ4v) is 4.58. The van der Waals surface area contributed by atoms with E-state index in [0.29, 0.717) is 22.3 Å². The summed E-state index contributed by atoms with van der Waals surface area (Å²) in [5, 5.41) is 1.97. The Morgan fingerprint density at radius 2 is 1.76 bits per heavy atom. The molecular formula is C24H16Cl2N2O3S2. The van der Waals surface area contributed by atoms with E-state index in [1.807, 2.05) is 48.5 Å². The van der Waals surface area contributed by atoms with E-state index in [4.69, 9.17) is 40.2 Å². The van der Waals surface area contributed by atoms with E-state index in [-0.39, 0.29) is 14.9 Å². The van der Waals surface area contributed by atoms with Gasteiger partial charge in [-0.05, 0) is 54.2 Å². The number of hydrazine groups is 1. The molecule has 0 aromatic heterocycles. The zero-order valence-electron chi connectivity index (χ0n) is 17.0. The number of hydrogen-bond donors (Lipinski definition) is 1. The van der Waals surface area contributed by atoms with Crippen LogP contribution in [0.4, 0.5) is 0 Å². The van der Waals surface area contributed by atoms with E-state index in [1.54, 1.807) is 30.3 Å². The topological polar surface area (TPSA) is 58.6 Å². The lowest BCUT2D eigenvalue weighted by atomic mass is 10.2. The Kier molecular flexibility index (Phi) is 7.35. The second kappa shape index (κ2) is 10.4. The van der Waals surface area contributed by atoms with Gasteiger partial charge in [0.25, 0.3) is 11.8 Å². The number of carbonyl (C=O) groups excluding carboxylic acids is 2. The van der Waals surface area contributed by atoms with Gasteiger partial charge >= 0.3 is 0 Å². The largest absolute Gasteiger partial charge is 0.489 e. The van der Waals surface area contributed by atoms with Gasteiger partial charge in [0.05, 0.1) is 15.5 Å². The normalized spacial score (nSPS) is 14.6. The summed E-state index contributed by atoms with van der Waals surface area (Å²) in [4.78, 5) is 25.8. The molecule has 0 atom stereocenters. The molecule has 2 amide bonds. The minimum Gasteiger partial charge on any atom is -0.489 e. The van der Waals surface area contributed by atoms with Crippen molar-refractivity contribution in [3.8, 4) is 5.75 Å². The third-order valence-corrected chi connectivity index (χ3v) is 6.63. The number of thioether (sulfide) groups is 1. The SMILES string of the molecule is O=C(NN1C(=O)/C(=C\c2cccc(OCc3ccccc3Cl)c2)SC1=S)c1ccccc1Cl. The Morgan fingerprint density at radius 3 is 2.52 bits per heavy atom. The monoisotopic (exact) mass is 514 g/mol. The van der Waals surface area contributed by atoms with Crippen LogP contribution in [0.15, 0.2) is 77.7 Å². The van der Waals surface area contributed by atoms with Crippen LogP contribution in [-0.4, -0.2) is 21.1 Å². The number of benzene rings is 3. The number of nitrogens with zero attached hydrogens (tertiary/aromatic N) is 1. The van der Waals surface area contributed by atoms with Gasteiger partial charge in [-0.1, -0.05) is 77.4 Å². The summed E-state index contributed by atoms with van der Waals surface area (Å²) in [6.07, 6.45) is 1.70. The maximum Gasteiger partial charge on any atom is 0.285 e. The number of nitrogens with one attached hydrogen (secondary N) is 1. The molecule has 1 N–H and O–H groups in total. The molecule has 5 nitrogen and oxygen atoms in total. The van der Waals surface area contributed by atoms with Crippen molar-refractivity contribution in [3.63, 3.8) is 0 Å². The molecule has 1 heterocycles. The van der Waals surface area contributed by atoms with Crippen molar-refractivity contribution < 1.29 is 14.3 Å². The van der Waals surface area contributed by atoms with Gasteiger partial charge in [0.15, 0.2) is 4.32 Å². The summed E-state index contributed by atoms with van der Waals surface area (Å²) >= 11 is 18.6. The Morgan fingerprint density at radius 1 is 1.03 bits per heavy atom. The average molecular weight is 515 g/mol. The second-order valence-electron chi connectivity index (χ2n) is 6.89. The van der Waals surface area contributed by atoms with Gasteiger partial charge in [0.2, 0.25) is 0 Å². The van der Waals surface area contributed by atoms with Gasteiger partial charge in [-0.25, -0.2) is 0 Å². The van der Waals surface area contributed by atoms with Crippen LogP contribution in [0, 0.1) is 0 Å². The van der Waals surface area contributed by atoms with Gasteiger partial charge < -0.3 is 4.74 Å². The van der Waals surface area contributed by atoms with Crippen molar-refractivity contribution in [2.45, 2.75) is 6.61 Å². The molecule has 33 heavy (non-hydrogen) atoms. The maximum atomic E-state index is 12.9. The van der Waals surface area contributed by atoms with E-state index in [1.165, 1.54) is 0 Å². The van der Waals surface area contributed by atoms with E-state index >= 15 is 0 Å². The molecule has 1 fully saturated rings. The lowest BCUT2D eigenvalue weighted by Crippen LogP contribution is -2.44. The molecule has 0 aliphatic carbocycles. The fourth-order valence-electron chi connectivity index (χ4n) is 2.99. The summed E-state index contributed by atoms with van der Waals surface area (Å²) < 4.78 is 6.07. The minimum absolute atomic E-state index is 0.220. The Balaban J connectivity index is 1.46. The molecule has 3 aromatic rings. The highest BCUT2D eigenvalue weighted by atomic mass is 35.5. The standard InChI is InChI=1S/C24H16Cl2N2O3S2/c25-19-10-3-1-7-16(19)14-31-17-8-5-6-15(12-17)13-21-23(30)28(24(32)33-21)27-22(29)18-9-2-4-11-20(18)26/h1-13H,14H2,(H,27,29)/b21-13+. The molecular weight excluding hydrogens is 499 g/mol. The molecule has 1 aliphatic heterocycles. The van der Waals surface area contributed by atoms with Gasteiger partial charge in [-0.3, -0.25) is 15.0 Å². The van der Waals surface area contributed by atoms with Crippen molar-refractivity contribution in [2.24, 2.45) is 0 Å². The molecule has 166 valence electrons. The molecule has 0 spiro atoms. The predicted octanol–water partition coefficient (Wildman–Crippen LogP) is 6.12. The van der Waals surface area contributed by atoms with Crippen LogP contribution < -0.4 is 10.2 Å². The molecule has 9 heteroatoms. The summed E-state index contributed by atoms with van der Waals surface area (Å²) in [7, 11) is 0. The van der Waals surface area contributed by atoms with E-state index in [9.17, 15) is 9.59 Å². The summed E-state index contributed by atoms with van der Waals surface area (Å²) in [5.41, 5.74) is 4.41. The maximum absolute atomic E-state index is 12.9. The summed E-state index contributed by atoms with van der Waals surface area (Å²) in [6.45, 7) is 0.319. The van der Waals surface area contributed by atoms with Crippen LogP contribution in [0.5, 0.6) is 5.75 Å². The van der Waals surface area contributed by atoms with E-state index in [2.05, 4.69) is 5.43 Å². The number of carbonyl (C=O) groups is 2. The number of thiocarbonyl (C=S) groups is 1. The third-order valence-electron chi connectivity index (χ3n) is 4.63. The first-order valence-electron chi connectivity index (χ1n) is 9.72. The van der Waals surface area contributed by atoms with Crippen molar-refractivity contribution in [1.82, 2.24) is 10.4 Å². The molecule has 1 aliphatic rings. The van der Waals surface area contributed by atoms with Crippen LogP contribution in [-0.2, 0) is 11.4 Å². The first kappa shape index (κ1) is 23.3. The van der Waals surface area contributed by atoms with Crippen molar-refractivity contribution >= 4 is 69.4 Å². The molecule has 4 rings (SSSR count). The van der Waals surface area contributed by atoms with Crippen molar-refractivity contribution in [3.05, 3.63) is 104 Å². The quantitative estimate of drug-likeness (QED) is 0.317. The smallest absolute Gasteiger partial charge is 0.285 e. The van der Waals surface area contributed by atoms with Gasteiger partial charge in [0.1, 0.15) is 12.4 Å². The third kappa shape index (κ3) is 5.57. The Bertz CT molecular complexity index is 1280. The number of amides is 2. The fraction of sp³-hybridized carbons (Fsp3) is 0.0417. The molecule has 0 bridgehead atoms. The van der Waals surface area contributed by atoms with Crippen LogP contribution in [0.2, 0.25) is 10.0 Å². The molecule has 0 unspecified atom stereocenters. The van der Waals surface area contributed by atoms with Crippen molar-refractivity contribution in [1.29, 1.82) is 0 Å². The first-order chi connectivity index (χ1) is 15.9. The van der Waals surface area contributed by atoms with Crippen LogP contribution >= 0.6 is 47.2 Å². The molecule has 0 radical (unpaired) electrons. The zero-order chi connectivity index (χ0) is 23.4. The number of halogens is 2. The van der Waals surface area contributed by atoms with Crippen LogP contribution in [0.1, 0.15) is 21.5 Å². The highest BCUT2D eigenvalue weighted by Gasteiger charge is 2.34. The predicted molar refractivity (Wildman–Crippen MR) is 136 cm³/mol. The first-order valence-corrected chi connectivity index (χ1v) is 11.7. The zero-order valence-corrected chi connectivity index (χ0v) is 20.1. The van der Waals surface area contributed by atoms with Crippen molar-refractivity contribution in [2.75, 3.05) is 0 Å². The minimum atomic E-state index is -0.520. The van der Waals surface area contributed by atoms with E-state index in [0.717, 1.165) is 27.9 Å². The van der Waals surface area contributed by atoms with E-state index < -0.39 is 11.8 Å². The van der Waals surface area contributed by atoms with Crippen LogP contribution in [0.25, 0.3) is 6.08 Å². The Labute approximate surface area is 210 Å². The highest BCUT2D eigenvalue weighted by molar-refractivity contribution is 8.26. The highest BCUT2D eigenvalue weighted by Crippen LogP contribution is 2.32. The van der Waals surface area contributed by atoms with Gasteiger partial charge in [-0.2, -0.15) is 5.01 Å². The molecule has 3 aromatic carbocycles. The molecule has 0 saturated carbocycles. The number of ether oxygens (including phenoxy) is 1. The van der Waals surface area contributed by atoms with Gasteiger partial charge in [0, 0.05) is 10.6 Å². The second-order valence-corrected chi connectivity index (χ2v) is 9.38. The number of rotatable bonds is 6. The summed E-state index contributed by atoms with van der Waals surface area (Å²) in [5.74, 6) is -0.313. The van der Waals surface area contributed by atoms with Gasteiger partial charge in [-0.15, -0.1) is 0 Å². The Hall–Kier alpha value is -2.84. The molecule has 1 saturated heterocycles. The summed E-state index contributed by atoms with van der Waals surface area (Å²) in [6, 6.07) is 21.3. The van der Waals surface area contributed by atoms with Crippen LogP contribution in [0.3, 0.4) is 0 Å².